The van der Waals surface area contributed by atoms with Crippen molar-refractivity contribution in [2.24, 2.45) is 0 Å². The minimum atomic E-state index is 0.569. The number of nitrogens with zero attached hydrogens (tertiary/aromatic N) is 2. The maximum Gasteiger partial charge on any atom is 0.136 e. The summed E-state index contributed by atoms with van der Waals surface area (Å²) in [5, 5.41) is 12.4. The van der Waals surface area contributed by atoms with Crippen molar-refractivity contribution in [2.45, 2.75) is 13.0 Å². The standard InChI is InChI=1S/C16H17N3O/c1-20-16-5-4-14(9-15(16)10-17)12-19-8-6-13-3-2-7-18-11-13/h2-5,7,9,11,19H,6,8,12H2,1H3. The van der Waals surface area contributed by atoms with Crippen LogP contribution in [-0.2, 0) is 13.0 Å². The van der Waals surface area contributed by atoms with Crippen LogP contribution in [0.25, 0.3) is 0 Å². The highest BCUT2D eigenvalue weighted by atomic mass is 16.5. The van der Waals surface area contributed by atoms with Crippen molar-refractivity contribution in [1.29, 1.82) is 5.26 Å². The molecule has 1 heterocycles. The molecule has 102 valence electrons. The molecule has 0 aliphatic carbocycles. The molecule has 1 N–H and O–H groups in total. The molecule has 4 nitrogen and oxygen atoms in total. The lowest BCUT2D eigenvalue weighted by atomic mass is 10.1. The fraction of sp³-hybridized carbons (Fsp3) is 0.250. The molecule has 2 aromatic rings. The fourth-order valence-corrected chi connectivity index (χ4v) is 1.96. The summed E-state index contributed by atoms with van der Waals surface area (Å²) >= 11 is 0. The second-order valence-electron chi connectivity index (χ2n) is 4.43. The third-order valence-corrected chi connectivity index (χ3v) is 3.03. The third-order valence-electron chi connectivity index (χ3n) is 3.03. The van der Waals surface area contributed by atoms with Crippen LogP contribution in [0.4, 0.5) is 0 Å². The Morgan fingerprint density at radius 1 is 1.30 bits per heavy atom. The minimum absolute atomic E-state index is 0.569. The van der Waals surface area contributed by atoms with Crippen LogP contribution in [0.3, 0.4) is 0 Å². The number of aromatic nitrogens is 1. The lowest BCUT2D eigenvalue weighted by Gasteiger charge is -2.07. The Morgan fingerprint density at radius 2 is 2.20 bits per heavy atom. The van der Waals surface area contributed by atoms with Gasteiger partial charge in [-0.3, -0.25) is 4.98 Å². The quantitative estimate of drug-likeness (QED) is 0.816. The van der Waals surface area contributed by atoms with Gasteiger partial charge < -0.3 is 10.1 Å². The van der Waals surface area contributed by atoms with Crippen LogP contribution in [0, 0.1) is 11.3 Å². The van der Waals surface area contributed by atoms with Gasteiger partial charge >= 0.3 is 0 Å². The zero-order valence-electron chi connectivity index (χ0n) is 11.5. The fourth-order valence-electron chi connectivity index (χ4n) is 1.96. The molecule has 0 atom stereocenters. The first kappa shape index (κ1) is 14.0. The summed E-state index contributed by atoms with van der Waals surface area (Å²) in [5.41, 5.74) is 2.86. The number of nitriles is 1. The lowest BCUT2D eigenvalue weighted by molar-refractivity contribution is 0.413. The van der Waals surface area contributed by atoms with Crippen molar-refractivity contribution < 1.29 is 4.74 Å². The Kier molecular flexibility index (Phi) is 5.10. The molecular weight excluding hydrogens is 250 g/mol. The molecule has 0 saturated heterocycles. The van der Waals surface area contributed by atoms with E-state index in [1.54, 1.807) is 13.3 Å². The van der Waals surface area contributed by atoms with Gasteiger partial charge in [0.25, 0.3) is 0 Å². The van der Waals surface area contributed by atoms with E-state index in [1.807, 2.05) is 30.5 Å². The van der Waals surface area contributed by atoms with Gasteiger partial charge in [0.1, 0.15) is 11.8 Å². The van der Waals surface area contributed by atoms with Crippen LogP contribution in [0.5, 0.6) is 5.75 Å². The van der Waals surface area contributed by atoms with E-state index in [0.29, 0.717) is 11.3 Å². The van der Waals surface area contributed by atoms with Crippen molar-refractivity contribution in [3.63, 3.8) is 0 Å². The van der Waals surface area contributed by atoms with E-state index >= 15 is 0 Å². The van der Waals surface area contributed by atoms with Gasteiger partial charge in [-0.1, -0.05) is 12.1 Å². The molecular formula is C16H17N3O. The van der Waals surface area contributed by atoms with E-state index in [9.17, 15) is 0 Å². The van der Waals surface area contributed by atoms with Crippen molar-refractivity contribution in [3.8, 4) is 11.8 Å². The number of nitrogens with one attached hydrogen (secondary N) is 1. The Morgan fingerprint density at radius 3 is 2.90 bits per heavy atom. The number of benzene rings is 1. The van der Waals surface area contributed by atoms with Crippen molar-refractivity contribution in [1.82, 2.24) is 10.3 Å². The highest BCUT2D eigenvalue weighted by Gasteiger charge is 2.03. The number of methoxy groups -OCH3 is 1. The summed E-state index contributed by atoms with van der Waals surface area (Å²) in [6.45, 7) is 1.61. The molecule has 0 amide bonds. The predicted octanol–water partition coefficient (Wildman–Crippen LogP) is 2.29. The van der Waals surface area contributed by atoms with Gasteiger partial charge in [0.05, 0.1) is 12.7 Å². The number of rotatable bonds is 6. The Bertz CT molecular complexity index is 590. The van der Waals surface area contributed by atoms with Gasteiger partial charge in [-0.2, -0.15) is 5.26 Å². The smallest absolute Gasteiger partial charge is 0.136 e. The van der Waals surface area contributed by atoms with Crippen LogP contribution in [0.15, 0.2) is 42.7 Å². The van der Waals surface area contributed by atoms with Crippen LogP contribution in [-0.4, -0.2) is 18.6 Å². The SMILES string of the molecule is COc1ccc(CNCCc2cccnc2)cc1C#N. The van der Waals surface area contributed by atoms with Crippen LogP contribution < -0.4 is 10.1 Å². The van der Waals surface area contributed by atoms with Crippen LogP contribution >= 0.6 is 0 Å². The molecule has 1 aromatic carbocycles. The highest BCUT2D eigenvalue weighted by molar-refractivity contribution is 5.45. The normalized spacial score (nSPS) is 10.0. The second-order valence-corrected chi connectivity index (χ2v) is 4.43. The number of pyridine rings is 1. The second kappa shape index (κ2) is 7.27. The van der Waals surface area contributed by atoms with Gasteiger partial charge in [0.15, 0.2) is 0 Å². The first-order chi connectivity index (χ1) is 9.83. The van der Waals surface area contributed by atoms with Gasteiger partial charge in [-0.15, -0.1) is 0 Å². The highest BCUT2D eigenvalue weighted by Crippen LogP contribution is 2.18. The summed E-state index contributed by atoms with van der Waals surface area (Å²) in [4.78, 5) is 4.09. The van der Waals surface area contributed by atoms with E-state index in [1.165, 1.54) is 5.56 Å². The average molecular weight is 267 g/mol. The van der Waals surface area contributed by atoms with E-state index in [-0.39, 0.29) is 0 Å². The maximum absolute atomic E-state index is 9.04. The molecule has 2 rings (SSSR count). The van der Waals surface area contributed by atoms with Gasteiger partial charge in [0, 0.05) is 18.9 Å². The topological polar surface area (TPSA) is 57.9 Å². The van der Waals surface area contributed by atoms with E-state index in [0.717, 1.165) is 25.1 Å². The summed E-state index contributed by atoms with van der Waals surface area (Å²) < 4.78 is 5.12. The molecule has 0 saturated carbocycles. The number of hydrogen-bond acceptors (Lipinski definition) is 4. The van der Waals surface area contributed by atoms with Crippen molar-refractivity contribution in [2.75, 3.05) is 13.7 Å². The van der Waals surface area contributed by atoms with Gasteiger partial charge in [-0.05, 0) is 42.3 Å². The van der Waals surface area contributed by atoms with Crippen LogP contribution in [0.1, 0.15) is 16.7 Å². The molecule has 0 unspecified atom stereocenters. The van der Waals surface area contributed by atoms with E-state index in [2.05, 4.69) is 22.4 Å². The summed E-state index contributed by atoms with van der Waals surface area (Å²) in [6, 6.07) is 11.8. The average Bonchev–Trinajstić information content (AvgIpc) is 2.52. The molecule has 0 radical (unpaired) electrons. The molecule has 0 fully saturated rings. The first-order valence-corrected chi connectivity index (χ1v) is 6.50. The molecule has 0 spiro atoms. The minimum Gasteiger partial charge on any atom is -0.495 e. The lowest BCUT2D eigenvalue weighted by Crippen LogP contribution is -2.16. The van der Waals surface area contributed by atoms with Gasteiger partial charge in [-0.25, -0.2) is 0 Å². The maximum atomic E-state index is 9.04. The molecule has 20 heavy (non-hydrogen) atoms. The first-order valence-electron chi connectivity index (χ1n) is 6.50. The zero-order chi connectivity index (χ0) is 14.2. The molecule has 0 bridgehead atoms. The summed E-state index contributed by atoms with van der Waals surface area (Å²) in [7, 11) is 1.57. The van der Waals surface area contributed by atoms with Gasteiger partial charge in [0.2, 0.25) is 0 Å². The Hall–Kier alpha value is -2.38. The van der Waals surface area contributed by atoms with E-state index < -0.39 is 0 Å². The predicted molar refractivity (Wildman–Crippen MR) is 77.4 cm³/mol. The molecule has 0 aliphatic rings. The van der Waals surface area contributed by atoms with Crippen molar-refractivity contribution >= 4 is 0 Å². The third kappa shape index (κ3) is 3.81. The van der Waals surface area contributed by atoms with Crippen LogP contribution in [0.2, 0.25) is 0 Å². The summed E-state index contributed by atoms with van der Waals surface area (Å²) in [6.07, 6.45) is 4.59. The zero-order valence-corrected chi connectivity index (χ0v) is 11.5. The summed E-state index contributed by atoms with van der Waals surface area (Å²) in [5.74, 6) is 0.617. The number of hydrogen-bond donors (Lipinski definition) is 1. The number of ether oxygens (including phenoxy) is 1. The Balaban J connectivity index is 1.84. The molecule has 4 heteroatoms. The Labute approximate surface area is 119 Å². The van der Waals surface area contributed by atoms with E-state index in [4.69, 9.17) is 10.00 Å². The monoisotopic (exact) mass is 267 g/mol. The molecule has 0 aliphatic heterocycles. The van der Waals surface area contributed by atoms with Crippen molar-refractivity contribution in [3.05, 3.63) is 59.4 Å². The molecule has 1 aromatic heterocycles. The largest absolute Gasteiger partial charge is 0.495 e.